The molecule has 4 heteroatoms. The first-order valence-corrected chi connectivity index (χ1v) is 8.21. The predicted molar refractivity (Wildman–Crippen MR) is 81.1 cm³/mol. The molecule has 4 bridgehead atoms. The molecule has 0 unspecified atom stereocenters. The van der Waals surface area contributed by atoms with E-state index in [0.29, 0.717) is 23.1 Å². The van der Waals surface area contributed by atoms with Crippen LogP contribution in [0, 0.1) is 29.6 Å². The van der Waals surface area contributed by atoms with E-state index in [4.69, 9.17) is 10.5 Å². The number of carbonyl (C=O) groups excluding carboxylic acids is 2. The van der Waals surface area contributed by atoms with Gasteiger partial charge in [0.15, 0.2) is 0 Å². The first-order valence-electron chi connectivity index (χ1n) is 8.21. The van der Waals surface area contributed by atoms with Gasteiger partial charge in [-0.2, -0.15) is 0 Å². The summed E-state index contributed by atoms with van der Waals surface area (Å²) in [6, 6.07) is 6.58. The second kappa shape index (κ2) is 5.11. The number of hydrogen-bond donors (Lipinski definition) is 1. The molecule has 0 aromatic heterocycles. The number of carbonyl (C=O) groups is 2. The van der Waals surface area contributed by atoms with Crippen LogP contribution in [0.1, 0.15) is 42.5 Å². The Kier molecular flexibility index (Phi) is 3.21. The molecule has 1 amide bonds. The van der Waals surface area contributed by atoms with Gasteiger partial charge in [-0.1, -0.05) is 6.07 Å². The van der Waals surface area contributed by atoms with Gasteiger partial charge < -0.3 is 10.5 Å². The molecule has 0 atom stereocenters. The molecule has 4 nitrogen and oxygen atoms in total. The van der Waals surface area contributed by atoms with Crippen LogP contribution >= 0.6 is 0 Å². The second-order valence-electron chi connectivity index (χ2n) is 7.27. The van der Waals surface area contributed by atoms with Gasteiger partial charge in [0.1, 0.15) is 5.75 Å². The molecule has 0 heterocycles. The molecule has 4 saturated carbocycles. The van der Waals surface area contributed by atoms with E-state index in [1.54, 1.807) is 24.3 Å². The Hall–Kier alpha value is -1.84. The Bertz CT molecular complexity index is 597. The molecule has 0 spiro atoms. The van der Waals surface area contributed by atoms with Crippen molar-refractivity contribution < 1.29 is 14.3 Å². The van der Waals surface area contributed by atoms with E-state index in [-0.39, 0.29) is 11.9 Å². The van der Waals surface area contributed by atoms with Crippen molar-refractivity contribution in [3.63, 3.8) is 0 Å². The van der Waals surface area contributed by atoms with E-state index >= 15 is 0 Å². The summed E-state index contributed by atoms with van der Waals surface area (Å²) in [6.07, 6.45) is 6.12. The highest BCUT2D eigenvalue weighted by Gasteiger charge is 2.51. The molecule has 2 N–H and O–H groups in total. The molecule has 4 aliphatic rings. The third-order valence-electron chi connectivity index (χ3n) is 5.84. The number of esters is 1. The fourth-order valence-corrected chi connectivity index (χ4v) is 5.21. The maximum atomic E-state index is 12.6. The molecular weight excluding hydrogens is 278 g/mol. The average molecular weight is 299 g/mol. The van der Waals surface area contributed by atoms with E-state index in [1.807, 2.05) is 0 Å². The Morgan fingerprint density at radius 1 is 1.00 bits per heavy atom. The van der Waals surface area contributed by atoms with Crippen LogP contribution in [0.4, 0.5) is 0 Å². The molecule has 1 aromatic rings. The lowest BCUT2D eigenvalue weighted by Gasteiger charge is -2.53. The summed E-state index contributed by atoms with van der Waals surface area (Å²) in [5.74, 6) is 2.53. The summed E-state index contributed by atoms with van der Waals surface area (Å²) in [6.45, 7) is 0. The van der Waals surface area contributed by atoms with Gasteiger partial charge in [-0.15, -0.1) is 0 Å². The average Bonchev–Trinajstić information content (AvgIpc) is 2.46. The van der Waals surface area contributed by atoms with E-state index in [0.717, 1.165) is 11.8 Å². The van der Waals surface area contributed by atoms with Crippen molar-refractivity contribution in [1.82, 2.24) is 0 Å². The largest absolute Gasteiger partial charge is 0.426 e. The fourth-order valence-electron chi connectivity index (χ4n) is 5.21. The lowest BCUT2D eigenvalue weighted by atomic mass is 9.52. The van der Waals surface area contributed by atoms with E-state index in [1.165, 1.54) is 32.1 Å². The highest BCUT2D eigenvalue weighted by Crippen LogP contribution is 2.56. The summed E-state index contributed by atoms with van der Waals surface area (Å²) in [5, 5.41) is 0. The zero-order valence-corrected chi connectivity index (χ0v) is 12.5. The molecule has 4 aliphatic carbocycles. The fraction of sp³-hybridized carbons (Fsp3) is 0.556. The molecule has 0 saturated heterocycles. The minimum atomic E-state index is -0.507. The van der Waals surface area contributed by atoms with Crippen LogP contribution in [0.5, 0.6) is 5.75 Å². The summed E-state index contributed by atoms with van der Waals surface area (Å²) in [7, 11) is 0. The lowest BCUT2D eigenvalue weighted by molar-refractivity contribution is -0.152. The first kappa shape index (κ1) is 13.8. The summed E-state index contributed by atoms with van der Waals surface area (Å²) < 4.78 is 5.58. The Morgan fingerprint density at radius 3 is 2.23 bits per heavy atom. The van der Waals surface area contributed by atoms with Gasteiger partial charge in [-0.25, -0.2) is 0 Å². The minimum absolute atomic E-state index is 0.0463. The molecule has 1 aromatic carbocycles. The van der Waals surface area contributed by atoms with Crippen molar-refractivity contribution in [3.05, 3.63) is 29.8 Å². The minimum Gasteiger partial charge on any atom is -0.426 e. The molecule has 116 valence electrons. The number of nitrogens with two attached hydrogens (primary N) is 1. The Morgan fingerprint density at radius 2 is 1.64 bits per heavy atom. The summed E-state index contributed by atoms with van der Waals surface area (Å²) in [4.78, 5) is 23.9. The van der Waals surface area contributed by atoms with Crippen LogP contribution in [0.2, 0.25) is 0 Å². The molecule has 0 radical (unpaired) electrons. The van der Waals surface area contributed by atoms with Crippen molar-refractivity contribution in [2.45, 2.75) is 32.1 Å². The summed E-state index contributed by atoms with van der Waals surface area (Å²) >= 11 is 0. The van der Waals surface area contributed by atoms with Crippen molar-refractivity contribution >= 4 is 11.9 Å². The highest BCUT2D eigenvalue weighted by atomic mass is 16.5. The van der Waals surface area contributed by atoms with Gasteiger partial charge in [-0.3, -0.25) is 9.59 Å². The normalized spacial score (nSPS) is 35.4. The van der Waals surface area contributed by atoms with Crippen molar-refractivity contribution in [1.29, 1.82) is 0 Å². The van der Waals surface area contributed by atoms with E-state index in [2.05, 4.69) is 0 Å². The number of hydrogen-bond acceptors (Lipinski definition) is 3. The second-order valence-corrected chi connectivity index (χ2v) is 7.27. The van der Waals surface area contributed by atoms with E-state index in [9.17, 15) is 9.59 Å². The third kappa shape index (κ3) is 2.31. The number of rotatable bonds is 3. The lowest BCUT2D eigenvalue weighted by Crippen LogP contribution is -2.49. The van der Waals surface area contributed by atoms with E-state index < -0.39 is 5.91 Å². The van der Waals surface area contributed by atoms with Gasteiger partial charge in [0.05, 0.1) is 5.92 Å². The van der Waals surface area contributed by atoms with Crippen LogP contribution < -0.4 is 10.5 Å². The SMILES string of the molecule is NC(=O)c1cccc(OC(=O)C2C3CC4CC(C3)CC2C4)c1. The topological polar surface area (TPSA) is 69.4 Å². The molecule has 4 fully saturated rings. The Balaban J connectivity index is 1.51. The van der Waals surface area contributed by atoms with Crippen LogP contribution in [0.15, 0.2) is 24.3 Å². The number of benzene rings is 1. The highest BCUT2D eigenvalue weighted by molar-refractivity contribution is 5.93. The van der Waals surface area contributed by atoms with Crippen LogP contribution in [0.25, 0.3) is 0 Å². The molecule has 0 aliphatic heterocycles. The monoisotopic (exact) mass is 299 g/mol. The van der Waals surface area contributed by atoms with Gasteiger partial charge in [0, 0.05) is 5.56 Å². The van der Waals surface area contributed by atoms with Crippen LogP contribution in [0.3, 0.4) is 0 Å². The number of amides is 1. The zero-order valence-electron chi connectivity index (χ0n) is 12.5. The quantitative estimate of drug-likeness (QED) is 0.689. The predicted octanol–water partition coefficient (Wildman–Crippen LogP) is 2.76. The first-order chi connectivity index (χ1) is 10.6. The van der Waals surface area contributed by atoms with Crippen LogP contribution in [-0.4, -0.2) is 11.9 Å². The van der Waals surface area contributed by atoms with Gasteiger partial charge in [0.25, 0.3) is 0 Å². The Labute approximate surface area is 130 Å². The standard InChI is InChI=1S/C18H21NO3/c19-17(20)12-2-1-3-15(9-12)22-18(21)16-13-5-10-4-11(7-13)8-14(16)6-10/h1-3,9-11,13-14,16H,4-8H2,(H2,19,20). The molecule has 22 heavy (non-hydrogen) atoms. The maximum Gasteiger partial charge on any atom is 0.314 e. The van der Waals surface area contributed by atoms with Gasteiger partial charge >= 0.3 is 5.97 Å². The summed E-state index contributed by atoms with van der Waals surface area (Å²) in [5.41, 5.74) is 5.64. The third-order valence-corrected chi connectivity index (χ3v) is 5.84. The van der Waals surface area contributed by atoms with Crippen molar-refractivity contribution in [2.24, 2.45) is 35.3 Å². The number of ether oxygens (including phenoxy) is 1. The maximum absolute atomic E-state index is 12.6. The zero-order chi connectivity index (χ0) is 15.3. The van der Waals surface area contributed by atoms with Crippen molar-refractivity contribution in [3.8, 4) is 5.75 Å². The van der Waals surface area contributed by atoms with Gasteiger partial charge in [-0.05, 0) is 74.0 Å². The molecular formula is C18H21NO3. The molecule has 5 rings (SSSR count). The van der Waals surface area contributed by atoms with Gasteiger partial charge in [0.2, 0.25) is 5.91 Å². The number of primary amides is 1. The van der Waals surface area contributed by atoms with Crippen LogP contribution in [-0.2, 0) is 4.79 Å². The van der Waals surface area contributed by atoms with Crippen molar-refractivity contribution in [2.75, 3.05) is 0 Å². The smallest absolute Gasteiger partial charge is 0.314 e.